The van der Waals surface area contributed by atoms with Crippen LogP contribution in [0.4, 0.5) is 0 Å². The van der Waals surface area contributed by atoms with Crippen LogP contribution >= 0.6 is 15.9 Å². The highest BCUT2D eigenvalue weighted by Gasteiger charge is 2.28. The highest BCUT2D eigenvalue weighted by atomic mass is 79.9. The predicted molar refractivity (Wildman–Crippen MR) is 80.4 cm³/mol. The van der Waals surface area contributed by atoms with E-state index in [-0.39, 0.29) is 0 Å². The summed E-state index contributed by atoms with van der Waals surface area (Å²) in [6.07, 6.45) is 0. The molecule has 0 heterocycles. The maximum Gasteiger partial charge on any atom is 0.125 e. The van der Waals surface area contributed by atoms with Gasteiger partial charge in [0.2, 0.25) is 0 Å². The fourth-order valence-corrected chi connectivity index (χ4v) is 2.50. The van der Waals surface area contributed by atoms with Crippen LogP contribution in [0.1, 0.15) is 25.0 Å². The third-order valence-electron chi connectivity index (χ3n) is 3.10. The second kappa shape index (κ2) is 5.76. The summed E-state index contributed by atoms with van der Waals surface area (Å²) in [5, 5.41) is 10.9. The molecule has 0 saturated carbocycles. The summed E-state index contributed by atoms with van der Waals surface area (Å²) in [6.45, 7) is 4.29. The average molecular weight is 321 g/mol. The second-order valence-corrected chi connectivity index (χ2v) is 5.43. The maximum absolute atomic E-state index is 10.9. The summed E-state index contributed by atoms with van der Waals surface area (Å²) in [4.78, 5) is 0. The van der Waals surface area contributed by atoms with Gasteiger partial charge in [0, 0.05) is 10.0 Å². The number of hydrogen-bond donors (Lipinski definition) is 1. The van der Waals surface area contributed by atoms with E-state index < -0.39 is 5.60 Å². The van der Waals surface area contributed by atoms with Gasteiger partial charge in [-0.15, -0.1) is 0 Å². The Morgan fingerprint density at radius 2 is 1.89 bits per heavy atom. The van der Waals surface area contributed by atoms with Gasteiger partial charge in [-0.2, -0.15) is 0 Å². The molecule has 0 aliphatic heterocycles. The Kier molecular flexibility index (Phi) is 4.27. The van der Waals surface area contributed by atoms with E-state index in [4.69, 9.17) is 4.74 Å². The minimum Gasteiger partial charge on any atom is -0.493 e. The Morgan fingerprint density at radius 3 is 2.58 bits per heavy atom. The number of rotatable bonds is 4. The molecule has 2 aromatic rings. The molecule has 100 valence electrons. The Labute approximate surface area is 122 Å². The standard InChI is InChI=1S/C16H17BrO2/c1-3-19-15-10-5-4-9-14(15)16(2,18)12-7-6-8-13(17)11-12/h4-11,18H,3H2,1-2H3. The summed E-state index contributed by atoms with van der Waals surface area (Å²) in [7, 11) is 0. The molecule has 0 saturated heterocycles. The number of halogens is 1. The number of para-hydroxylation sites is 1. The molecule has 0 spiro atoms. The van der Waals surface area contributed by atoms with E-state index in [1.54, 1.807) is 6.92 Å². The first kappa shape index (κ1) is 14.1. The molecular formula is C16H17BrO2. The molecule has 0 radical (unpaired) electrons. The van der Waals surface area contributed by atoms with E-state index in [0.29, 0.717) is 6.61 Å². The molecule has 19 heavy (non-hydrogen) atoms. The Balaban J connectivity index is 2.50. The van der Waals surface area contributed by atoms with Crippen LogP contribution in [0.25, 0.3) is 0 Å². The SMILES string of the molecule is CCOc1ccccc1C(C)(O)c1cccc(Br)c1. The van der Waals surface area contributed by atoms with Crippen molar-refractivity contribution in [1.82, 2.24) is 0 Å². The van der Waals surface area contributed by atoms with Crippen molar-refractivity contribution in [1.29, 1.82) is 0 Å². The van der Waals surface area contributed by atoms with Crippen LogP contribution in [0.5, 0.6) is 5.75 Å². The number of aliphatic hydroxyl groups is 1. The largest absolute Gasteiger partial charge is 0.493 e. The number of benzene rings is 2. The highest BCUT2D eigenvalue weighted by molar-refractivity contribution is 9.10. The molecule has 1 N–H and O–H groups in total. The fraction of sp³-hybridized carbons (Fsp3) is 0.250. The average Bonchev–Trinajstić information content (AvgIpc) is 2.39. The van der Waals surface area contributed by atoms with E-state index in [1.165, 1.54) is 0 Å². The van der Waals surface area contributed by atoms with Crippen LogP contribution in [-0.4, -0.2) is 11.7 Å². The molecule has 0 aliphatic rings. The molecule has 0 aromatic heterocycles. The lowest BCUT2D eigenvalue weighted by Crippen LogP contribution is -2.23. The highest BCUT2D eigenvalue weighted by Crippen LogP contribution is 2.36. The molecule has 1 atom stereocenters. The fourth-order valence-electron chi connectivity index (χ4n) is 2.10. The zero-order valence-corrected chi connectivity index (χ0v) is 12.6. The predicted octanol–water partition coefficient (Wildman–Crippen LogP) is 4.10. The van der Waals surface area contributed by atoms with Crippen molar-refractivity contribution in [3.05, 3.63) is 64.1 Å². The Bertz CT molecular complexity index is 564. The van der Waals surface area contributed by atoms with Crippen molar-refractivity contribution < 1.29 is 9.84 Å². The third kappa shape index (κ3) is 2.99. The molecule has 2 nitrogen and oxygen atoms in total. The Morgan fingerprint density at radius 1 is 1.16 bits per heavy atom. The van der Waals surface area contributed by atoms with Gasteiger partial charge in [0.25, 0.3) is 0 Å². The van der Waals surface area contributed by atoms with Gasteiger partial charge in [0.05, 0.1) is 6.61 Å². The first-order valence-electron chi connectivity index (χ1n) is 6.26. The molecular weight excluding hydrogens is 304 g/mol. The molecule has 3 heteroatoms. The Hall–Kier alpha value is -1.32. The lowest BCUT2D eigenvalue weighted by atomic mass is 9.87. The first-order valence-corrected chi connectivity index (χ1v) is 7.05. The minimum absolute atomic E-state index is 0.575. The zero-order chi connectivity index (χ0) is 13.9. The van der Waals surface area contributed by atoms with Gasteiger partial charge in [-0.1, -0.05) is 46.3 Å². The summed E-state index contributed by atoms with van der Waals surface area (Å²) in [5.74, 6) is 0.718. The number of hydrogen-bond acceptors (Lipinski definition) is 2. The maximum atomic E-state index is 10.9. The smallest absolute Gasteiger partial charge is 0.125 e. The van der Waals surface area contributed by atoms with Crippen LogP contribution in [0.2, 0.25) is 0 Å². The minimum atomic E-state index is -1.09. The van der Waals surface area contributed by atoms with E-state index in [1.807, 2.05) is 55.5 Å². The topological polar surface area (TPSA) is 29.5 Å². The van der Waals surface area contributed by atoms with E-state index in [9.17, 15) is 5.11 Å². The van der Waals surface area contributed by atoms with Crippen molar-refractivity contribution in [2.24, 2.45) is 0 Å². The van der Waals surface area contributed by atoms with Crippen molar-refractivity contribution in [2.75, 3.05) is 6.61 Å². The van der Waals surface area contributed by atoms with Gasteiger partial charge in [0.1, 0.15) is 11.4 Å². The van der Waals surface area contributed by atoms with Gasteiger partial charge >= 0.3 is 0 Å². The zero-order valence-electron chi connectivity index (χ0n) is 11.1. The molecule has 2 aromatic carbocycles. The lowest BCUT2D eigenvalue weighted by Gasteiger charge is -2.26. The van der Waals surface area contributed by atoms with Crippen LogP contribution in [0, 0.1) is 0 Å². The van der Waals surface area contributed by atoms with Crippen LogP contribution in [0.15, 0.2) is 53.0 Å². The van der Waals surface area contributed by atoms with Gasteiger partial charge in [-0.25, -0.2) is 0 Å². The second-order valence-electron chi connectivity index (χ2n) is 4.51. The van der Waals surface area contributed by atoms with Crippen molar-refractivity contribution in [3.63, 3.8) is 0 Å². The summed E-state index contributed by atoms with van der Waals surface area (Å²) < 4.78 is 6.55. The third-order valence-corrected chi connectivity index (χ3v) is 3.59. The van der Waals surface area contributed by atoms with Crippen molar-refractivity contribution in [3.8, 4) is 5.75 Å². The quantitative estimate of drug-likeness (QED) is 0.918. The number of ether oxygens (including phenoxy) is 1. The molecule has 1 unspecified atom stereocenters. The van der Waals surface area contributed by atoms with Gasteiger partial charge in [-0.05, 0) is 37.6 Å². The molecule has 0 aliphatic carbocycles. The van der Waals surface area contributed by atoms with Crippen molar-refractivity contribution in [2.45, 2.75) is 19.4 Å². The van der Waals surface area contributed by atoms with Crippen LogP contribution < -0.4 is 4.74 Å². The van der Waals surface area contributed by atoms with Crippen LogP contribution in [0.3, 0.4) is 0 Å². The van der Waals surface area contributed by atoms with Gasteiger partial charge < -0.3 is 9.84 Å². The van der Waals surface area contributed by atoms with E-state index in [2.05, 4.69) is 15.9 Å². The van der Waals surface area contributed by atoms with E-state index >= 15 is 0 Å². The van der Waals surface area contributed by atoms with E-state index in [0.717, 1.165) is 21.3 Å². The van der Waals surface area contributed by atoms with Gasteiger partial charge in [0.15, 0.2) is 0 Å². The summed E-state index contributed by atoms with van der Waals surface area (Å²) in [6, 6.07) is 15.3. The molecule has 2 rings (SSSR count). The normalized spacial score (nSPS) is 13.9. The molecule has 0 bridgehead atoms. The van der Waals surface area contributed by atoms with Gasteiger partial charge in [-0.3, -0.25) is 0 Å². The van der Waals surface area contributed by atoms with Crippen LogP contribution in [-0.2, 0) is 5.60 Å². The molecule has 0 amide bonds. The first-order chi connectivity index (χ1) is 9.05. The summed E-state index contributed by atoms with van der Waals surface area (Å²) >= 11 is 3.43. The lowest BCUT2D eigenvalue weighted by molar-refractivity contribution is 0.0980. The molecule has 0 fully saturated rings. The van der Waals surface area contributed by atoms with Crippen molar-refractivity contribution >= 4 is 15.9 Å². The summed E-state index contributed by atoms with van der Waals surface area (Å²) in [5.41, 5.74) is 0.513. The monoisotopic (exact) mass is 320 g/mol.